The summed E-state index contributed by atoms with van der Waals surface area (Å²) in [7, 11) is 0. The first-order valence-corrected chi connectivity index (χ1v) is 8.86. The Labute approximate surface area is 166 Å². The van der Waals surface area contributed by atoms with Gasteiger partial charge in [0.05, 0.1) is 17.1 Å². The van der Waals surface area contributed by atoms with E-state index in [4.69, 9.17) is 9.84 Å². The van der Waals surface area contributed by atoms with Crippen LogP contribution in [0.25, 0.3) is 34.2 Å². The lowest BCUT2D eigenvalue weighted by molar-refractivity contribution is -0.139. The molecule has 7 nitrogen and oxygen atoms in total. The lowest BCUT2D eigenvalue weighted by Gasteiger charge is -2.09. The van der Waals surface area contributed by atoms with Crippen molar-refractivity contribution in [2.75, 3.05) is 6.61 Å². The summed E-state index contributed by atoms with van der Waals surface area (Å²) in [6.07, 6.45) is 3.39. The van der Waals surface area contributed by atoms with Gasteiger partial charge in [0.15, 0.2) is 12.4 Å². The monoisotopic (exact) mass is 384 g/mol. The van der Waals surface area contributed by atoms with Crippen LogP contribution in [0.1, 0.15) is 0 Å². The summed E-state index contributed by atoms with van der Waals surface area (Å²) < 4.78 is 5.29. The van der Waals surface area contributed by atoms with Gasteiger partial charge in [0, 0.05) is 18.0 Å². The third kappa shape index (κ3) is 4.41. The van der Waals surface area contributed by atoms with Crippen molar-refractivity contribution in [3.63, 3.8) is 0 Å². The molecule has 7 heteroatoms. The first-order chi connectivity index (χ1) is 14.2. The molecule has 4 rings (SSSR count). The number of aromatic nitrogens is 4. The Morgan fingerprint density at radius 1 is 0.793 bits per heavy atom. The largest absolute Gasteiger partial charge is 0.482 e. The highest BCUT2D eigenvalue weighted by atomic mass is 16.5. The molecule has 1 N–H and O–H groups in total. The summed E-state index contributed by atoms with van der Waals surface area (Å²) >= 11 is 0. The van der Waals surface area contributed by atoms with Crippen LogP contribution in [0.15, 0.2) is 79.1 Å². The third-order valence-corrected chi connectivity index (χ3v) is 4.04. The molecule has 1 aromatic carbocycles. The SMILES string of the molecule is O=C(O)COc1cccc(-c2cc(-c3ccccn3)nc(-c3ccccn3)n2)c1. The molecule has 0 aliphatic heterocycles. The third-order valence-electron chi connectivity index (χ3n) is 4.04. The number of ether oxygens (including phenoxy) is 1. The van der Waals surface area contributed by atoms with Crippen LogP contribution in [-0.4, -0.2) is 37.6 Å². The summed E-state index contributed by atoms with van der Waals surface area (Å²) in [5, 5.41) is 8.83. The fourth-order valence-electron chi connectivity index (χ4n) is 2.74. The van der Waals surface area contributed by atoms with Crippen molar-refractivity contribution in [2.24, 2.45) is 0 Å². The van der Waals surface area contributed by atoms with Crippen molar-refractivity contribution in [3.8, 4) is 39.9 Å². The molecule has 0 aliphatic carbocycles. The number of carbonyl (C=O) groups is 1. The molecule has 0 saturated heterocycles. The smallest absolute Gasteiger partial charge is 0.341 e. The van der Waals surface area contributed by atoms with Crippen LogP contribution in [0.2, 0.25) is 0 Å². The molecule has 142 valence electrons. The standard InChI is InChI=1S/C22H16N4O3/c27-21(28)14-29-16-7-5-6-15(12-16)19-13-20(17-8-1-3-10-23-17)26-22(25-19)18-9-2-4-11-24-18/h1-13H,14H2,(H,27,28). The maximum atomic E-state index is 10.8. The van der Waals surface area contributed by atoms with Gasteiger partial charge >= 0.3 is 5.97 Å². The molecule has 3 aromatic heterocycles. The average Bonchev–Trinajstić information content (AvgIpc) is 2.79. The lowest BCUT2D eigenvalue weighted by Crippen LogP contribution is -2.09. The van der Waals surface area contributed by atoms with E-state index in [1.54, 1.807) is 30.6 Å². The Morgan fingerprint density at radius 3 is 2.21 bits per heavy atom. The summed E-state index contributed by atoms with van der Waals surface area (Å²) in [5.41, 5.74) is 3.44. The van der Waals surface area contributed by atoms with Crippen molar-refractivity contribution >= 4 is 5.97 Å². The molecule has 0 aliphatic rings. The topological polar surface area (TPSA) is 98.1 Å². The van der Waals surface area contributed by atoms with Gasteiger partial charge in [-0.3, -0.25) is 9.97 Å². The molecule has 0 amide bonds. The Balaban J connectivity index is 1.81. The number of pyridine rings is 2. The summed E-state index contributed by atoms with van der Waals surface area (Å²) in [6.45, 7) is -0.411. The minimum absolute atomic E-state index is 0.411. The second-order valence-electron chi connectivity index (χ2n) is 6.10. The number of nitrogens with zero attached hydrogens (tertiary/aromatic N) is 4. The highest BCUT2D eigenvalue weighted by Gasteiger charge is 2.12. The predicted molar refractivity (Wildman–Crippen MR) is 107 cm³/mol. The number of benzene rings is 1. The van der Waals surface area contributed by atoms with E-state index in [0.29, 0.717) is 34.3 Å². The molecule has 0 fully saturated rings. The number of aliphatic carboxylic acids is 1. The quantitative estimate of drug-likeness (QED) is 0.541. The first-order valence-electron chi connectivity index (χ1n) is 8.86. The summed E-state index contributed by atoms with van der Waals surface area (Å²) in [6, 6.07) is 20.1. The van der Waals surface area contributed by atoms with E-state index in [9.17, 15) is 4.79 Å². The van der Waals surface area contributed by atoms with E-state index in [-0.39, 0.29) is 0 Å². The number of carboxylic acid groups (broad SMARTS) is 1. The fourth-order valence-corrected chi connectivity index (χ4v) is 2.74. The van der Waals surface area contributed by atoms with E-state index in [1.807, 2.05) is 48.5 Å². The van der Waals surface area contributed by atoms with Crippen LogP contribution < -0.4 is 4.74 Å². The molecule has 0 atom stereocenters. The van der Waals surface area contributed by atoms with Gasteiger partial charge in [0.25, 0.3) is 0 Å². The maximum Gasteiger partial charge on any atom is 0.341 e. The number of hydrogen-bond acceptors (Lipinski definition) is 6. The average molecular weight is 384 g/mol. The summed E-state index contributed by atoms with van der Waals surface area (Å²) in [4.78, 5) is 28.8. The lowest BCUT2D eigenvalue weighted by atomic mass is 10.1. The van der Waals surface area contributed by atoms with Gasteiger partial charge in [0.2, 0.25) is 0 Å². The Kier molecular flexibility index (Phi) is 5.20. The normalized spacial score (nSPS) is 10.5. The molecule has 4 aromatic rings. The highest BCUT2D eigenvalue weighted by Crippen LogP contribution is 2.27. The van der Waals surface area contributed by atoms with Crippen LogP contribution >= 0.6 is 0 Å². The first kappa shape index (κ1) is 18.2. The number of carboxylic acids is 1. The van der Waals surface area contributed by atoms with Crippen molar-refractivity contribution in [3.05, 3.63) is 79.1 Å². The highest BCUT2D eigenvalue weighted by molar-refractivity contribution is 5.71. The molecular weight excluding hydrogens is 368 g/mol. The maximum absolute atomic E-state index is 10.8. The van der Waals surface area contributed by atoms with Gasteiger partial charge in [-0.25, -0.2) is 14.8 Å². The van der Waals surface area contributed by atoms with Gasteiger partial charge in [0.1, 0.15) is 11.4 Å². The van der Waals surface area contributed by atoms with Gasteiger partial charge in [-0.1, -0.05) is 24.3 Å². The zero-order valence-electron chi connectivity index (χ0n) is 15.3. The second kappa shape index (κ2) is 8.26. The summed E-state index contributed by atoms with van der Waals surface area (Å²) in [5.74, 6) is -0.116. The van der Waals surface area contributed by atoms with E-state index < -0.39 is 12.6 Å². The van der Waals surface area contributed by atoms with E-state index in [2.05, 4.69) is 19.9 Å². The van der Waals surface area contributed by atoms with Crippen molar-refractivity contribution in [1.29, 1.82) is 0 Å². The van der Waals surface area contributed by atoms with Crippen LogP contribution in [-0.2, 0) is 4.79 Å². The van der Waals surface area contributed by atoms with Crippen LogP contribution in [0.5, 0.6) is 5.75 Å². The van der Waals surface area contributed by atoms with Gasteiger partial charge in [-0.15, -0.1) is 0 Å². The Morgan fingerprint density at radius 2 is 1.52 bits per heavy atom. The molecular formula is C22H16N4O3. The van der Waals surface area contributed by atoms with E-state index >= 15 is 0 Å². The molecule has 0 spiro atoms. The molecule has 0 radical (unpaired) electrons. The predicted octanol–water partition coefficient (Wildman–Crippen LogP) is 3.73. The Hall–Kier alpha value is -4.13. The molecule has 0 bridgehead atoms. The molecule has 3 heterocycles. The van der Waals surface area contributed by atoms with Crippen LogP contribution in [0.3, 0.4) is 0 Å². The number of hydrogen-bond donors (Lipinski definition) is 1. The zero-order chi connectivity index (χ0) is 20.1. The van der Waals surface area contributed by atoms with Crippen LogP contribution in [0, 0.1) is 0 Å². The van der Waals surface area contributed by atoms with E-state index in [1.165, 1.54) is 0 Å². The Bertz CT molecular complexity index is 1080. The van der Waals surface area contributed by atoms with Gasteiger partial charge < -0.3 is 9.84 Å². The molecule has 29 heavy (non-hydrogen) atoms. The minimum atomic E-state index is -1.03. The van der Waals surface area contributed by atoms with Gasteiger partial charge in [-0.2, -0.15) is 0 Å². The van der Waals surface area contributed by atoms with Crippen molar-refractivity contribution < 1.29 is 14.6 Å². The van der Waals surface area contributed by atoms with Gasteiger partial charge in [-0.05, 0) is 42.5 Å². The van der Waals surface area contributed by atoms with Crippen LogP contribution in [0.4, 0.5) is 0 Å². The fraction of sp³-hybridized carbons (Fsp3) is 0.0455. The zero-order valence-corrected chi connectivity index (χ0v) is 15.3. The van der Waals surface area contributed by atoms with E-state index in [0.717, 1.165) is 5.56 Å². The second-order valence-corrected chi connectivity index (χ2v) is 6.10. The minimum Gasteiger partial charge on any atom is -0.482 e. The van der Waals surface area contributed by atoms with Crippen molar-refractivity contribution in [2.45, 2.75) is 0 Å². The number of rotatable bonds is 6. The molecule has 0 saturated carbocycles. The van der Waals surface area contributed by atoms with Crippen molar-refractivity contribution in [1.82, 2.24) is 19.9 Å². The molecule has 0 unspecified atom stereocenters.